The van der Waals surface area contributed by atoms with Crippen LogP contribution in [0.15, 0.2) is 102 Å². The van der Waals surface area contributed by atoms with Gasteiger partial charge >= 0.3 is 0 Å². The highest BCUT2D eigenvalue weighted by molar-refractivity contribution is 6.25. The maximum Gasteiger partial charge on any atom is 0.293 e. The third kappa shape index (κ3) is 3.13. The third-order valence-electron chi connectivity index (χ3n) is 8.43. The van der Waals surface area contributed by atoms with Gasteiger partial charge in [0.25, 0.3) is 5.69 Å². The number of amides is 2. The van der Waals surface area contributed by atoms with Crippen molar-refractivity contribution in [2.75, 3.05) is 4.90 Å². The number of para-hydroxylation sites is 2. The van der Waals surface area contributed by atoms with Crippen molar-refractivity contribution in [3.63, 3.8) is 0 Å². The Bertz CT molecular complexity index is 1730. The van der Waals surface area contributed by atoms with E-state index in [-0.39, 0.29) is 17.3 Å². The lowest BCUT2D eigenvalue weighted by molar-refractivity contribution is -0.384. The van der Waals surface area contributed by atoms with E-state index in [9.17, 15) is 19.7 Å². The molecule has 4 atom stereocenters. The van der Waals surface area contributed by atoms with Crippen molar-refractivity contribution in [2.45, 2.75) is 18.3 Å². The second-order valence-corrected chi connectivity index (χ2v) is 10.4. The van der Waals surface area contributed by atoms with Gasteiger partial charge in [-0.1, -0.05) is 72.8 Å². The van der Waals surface area contributed by atoms with E-state index < -0.39 is 34.0 Å². The van der Waals surface area contributed by atoms with E-state index in [4.69, 9.17) is 4.99 Å². The largest absolute Gasteiger partial charge is 0.293 e. The van der Waals surface area contributed by atoms with Crippen LogP contribution in [0.5, 0.6) is 0 Å². The molecule has 190 valence electrons. The number of benzene rings is 4. The van der Waals surface area contributed by atoms with E-state index in [1.807, 2.05) is 85.9 Å². The molecule has 0 radical (unpaired) electrons. The summed E-state index contributed by atoms with van der Waals surface area (Å²) >= 11 is 0. The van der Waals surface area contributed by atoms with Crippen molar-refractivity contribution < 1.29 is 14.5 Å². The number of aryl methyl sites for hydroxylation is 1. The Morgan fingerprint density at radius 3 is 2.41 bits per heavy atom. The van der Waals surface area contributed by atoms with Gasteiger partial charge in [-0.25, -0.2) is 4.90 Å². The molecule has 1 fully saturated rings. The highest BCUT2D eigenvalue weighted by Crippen LogP contribution is 2.60. The second-order valence-electron chi connectivity index (χ2n) is 10.4. The van der Waals surface area contributed by atoms with Gasteiger partial charge < -0.3 is 0 Å². The number of rotatable bonds is 4. The predicted molar refractivity (Wildman–Crippen MR) is 147 cm³/mol. The van der Waals surface area contributed by atoms with Gasteiger partial charge in [0.15, 0.2) is 0 Å². The van der Waals surface area contributed by atoms with Crippen LogP contribution in [-0.4, -0.2) is 23.0 Å². The zero-order valence-electron chi connectivity index (χ0n) is 21.0. The van der Waals surface area contributed by atoms with Crippen LogP contribution in [0.4, 0.5) is 17.1 Å². The molecule has 2 amide bonds. The van der Waals surface area contributed by atoms with E-state index >= 15 is 0 Å². The Morgan fingerprint density at radius 1 is 0.897 bits per heavy atom. The van der Waals surface area contributed by atoms with Crippen LogP contribution in [0.2, 0.25) is 0 Å². The summed E-state index contributed by atoms with van der Waals surface area (Å²) in [5, 5.41) is 11.9. The molecule has 4 bridgehead atoms. The highest BCUT2D eigenvalue weighted by Gasteiger charge is 2.65. The highest BCUT2D eigenvalue weighted by atomic mass is 16.6. The van der Waals surface area contributed by atoms with Crippen LogP contribution < -0.4 is 4.90 Å². The molecule has 0 saturated carbocycles. The lowest BCUT2D eigenvalue weighted by atomic mass is 9.52. The Morgan fingerprint density at radius 2 is 1.64 bits per heavy atom. The van der Waals surface area contributed by atoms with Crippen molar-refractivity contribution in [1.29, 1.82) is 0 Å². The molecule has 1 aliphatic heterocycles. The smallest absolute Gasteiger partial charge is 0.274 e. The number of nitro groups is 1. The van der Waals surface area contributed by atoms with Gasteiger partial charge in [-0.05, 0) is 52.9 Å². The van der Waals surface area contributed by atoms with Crippen LogP contribution in [-0.2, 0) is 15.0 Å². The molecule has 0 spiro atoms. The fraction of sp³-hybridized carbons (Fsp3) is 0.156. The van der Waals surface area contributed by atoms with E-state index in [0.717, 1.165) is 38.4 Å². The molecule has 1 saturated heterocycles. The van der Waals surface area contributed by atoms with Gasteiger partial charge in [0, 0.05) is 18.2 Å². The lowest BCUT2D eigenvalue weighted by Crippen LogP contribution is -2.51. The van der Waals surface area contributed by atoms with Crippen LogP contribution in [0.3, 0.4) is 0 Å². The van der Waals surface area contributed by atoms with Gasteiger partial charge in [-0.15, -0.1) is 0 Å². The number of nitrogens with zero attached hydrogens (tertiary/aromatic N) is 3. The summed E-state index contributed by atoms with van der Waals surface area (Å²) in [5.41, 5.74) is 4.17. The van der Waals surface area contributed by atoms with Crippen LogP contribution in [0.1, 0.15) is 33.7 Å². The zero-order valence-corrected chi connectivity index (χ0v) is 21.0. The normalized spacial score (nSPS) is 24.5. The molecule has 7 nitrogen and oxygen atoms in total. The predicted octanol–water partition coefficient (Wildman–Crippen LogP) is 5.86. The zero-order chi connectivity index (χ0) is 26.9. The quantitative estimate of drug-likeness (QED) is 0.148. The van der Waals surface area contributed by atoms with Gasteiger partial charge in [0.1, 0.15) is 5.69 Å². The Hall–Kier alpha value is -4.91. The lowest BCUT2D eigenvalue weighted by Gasteiger charge is -2.48. The first kappa shape index (κ1) is 23.2. The number of anilines is 1. The first-order valence-corrected chi connectivity index (χ1v) is 12.8. The third-order valence-corrected chi connectivity index (χ3v) is 8.43. The van der Waals surface area contributed by atoms with Crippen molar-refractivity contribution in [3.8, 4) is 0 Å². The minimum Gasteiger partial charge on any atom is -0.274 e. The number of hydrogen-bond donors (Lipinski definition) is 0. The van der Waals surface area contributed by atoms with Crippen molar-refractivity contribution in [3.05, 3.63) is 135 Å². The number of carbonyl (C=O) groups is 2. The molecule has 39 heavy (non-hydrogen) atoms. The summed E-state index contributed by atoms with van der Waals surface area (Å²) in [6.45, 7) is 1.99. The monoisotopic (exact) mass is 513 g/mol. The first-order chi connectivity index (χ1) is 18.9. The van der Waals surface area contributed by atoms with E-state index in [1.165, 1.54) is 18.2 Å². The molecular weight excluding hydrogens is 490 g/mol. The minimum absolute atomic E-state index is 0.00161. The van der Waals surface area contributed by atoms with Crippen molar-refractivity contribution >= 4 is 35.1 Å². The molecule has 1 heterocycles. The van der Waals surface area contributed by atoms with Crippen molar-refractivity contribution in [1.82, 2.24) is 0 Å². The fourth-order valence-electron chi connectivity index (χ4n) is 6.85. The average molecular weight is 514 g/mol. The minimum atomic E-state index is -1.05. The van der Waals surface area contributed by atoms with Crippen LogP contribution >= 0.6 is 0 Å². The Kier molecular flexibility index (Phi) is 4.94. The van der Waals surface area contributed by atoms with Gasteiger partial charge in [0.05, 0.1) is 27.9 Å². The molecule has 4 aromatic carbocycles. The number of aliphatic imine (C=N–C) groups is 1. The second kappa shape index (κ2) is 8.30. The summed E-state index contributed by atoms with van der Waals surface area (Å²) in [5.74, 6) is -2.80. The molecule has 0 aromatic heterocycles. The molecule has 4 aromatic rings. The fourth-order valence-corrected chi connectivity index (χ4v) is 6.85. The summed E-state index contributed by atoms with van der Waals surface area (Å²) < 4.78 is 0. The summed E-state index contributed by atoms with van der Waals surface area (Å²) in [4.78, 5) is 46.1. The number of hydrogen-bond acceptors (Lipinski definition) is 5. The van der Waals surface area contributed by atoms with Gasteiger partial charge in [-0.3, -0.25) is 24.7 Å². The van der Waals surface area contributed by atoms with E-state index in [2.05, 4.69) is 0 Å². The Labute approximate surface area is 224 Å². The standard InChI is InChI=1S/C32H23N3O4/c1-19-7-6-8-22(17-19)33-18-32-21-15-13-20(14-16-21)27(23-9-2-3-10-24(23)32)28-29(32)31(37)34(30(28)36)25-11-4-5-12-26(25)35(38)39/h2-18,27-29H,1H3/t27-,28-,29-,32+/m0/s1. The number of nitro benzene ring substituents is 1. The molecule has 10 rings (SSSR count). The first-order valence-electron chi connectivity index (χ1n) is 12.8. The van der Waals surface area contributed by atoms with Crippen LogP contribution in [0, 0.1) is 28.9 Å². The summed E-state index contributed by atoms with van der Waals surface area (Å²) in [6.07, 6.45) is 1.82. The summed E-state index contributed by atoms with van der Waals surface area (Å²) in [6, 6.07) is 29.7. The topological polar surface area (TPSA) is 92.9 Å². The Balaban J connectivity index is 1.52. The van der Waals surface area contributed by atoms with Gasteiger partial charge in [0.2, 0.25) is 11.8 Å². The van der Waals surface area contributed by atoms with E-state index in [0.29, 0.717) is 0 Å². The molecule has 6 aliphatic rings. The molecule has 7 heteroatoms. The molecule has 0 unspecified atom stereocenters. The average Bonchev–Trinajstić information content (AvgIpc) is 3.19. The van der Waals surface area contributed by atoms with Crippen molar-refractivity contribution in [2.24, 2.45) is 16.8 Å². The maximum atomic E-state index is 14.5. The number of carbonyl (C=O) groups excluding carboxylic acids is 2. The molecule has 0 N–H and O–H groups in total. The maximum absolute atomic E-state index is 14.5. The molecule has 5 aliphatic carbocycles. The molecular formula is C32H23N3O4. The number of imide groups is 1. The van der Waals surface area contributed by atoms with E-state index in [1.54, 1.807) is 6.07 Å². The SMILES string of the molecule is Cc1cccc(N=C[C@@]23c4ccc(cc4)[C@@H](c4ccccc42)[C@@H]2C(=O)N(c4ccccc4[N+](=O)[O-])C(=O)[C@H]23)c1. The van der Waals surface area contributed by atoms with Crippen LogP contribution in [0.25, 0.3) is 0 Å². The van der Waals surface area contributed by atoms with Gasteiger partial charge in [-0.2, -0.15) is 0 Å². The summed E-state index contributed by atoms with van der Waals surface area (Å²) in [7, 11) is 0.